The van der Waals surface area contributed by atoms with E-state index in [9.17, 15) is 14.4 Å². The number of hydrogen-bond donors (Lipinski definition) is 1. The number of nitrogens with zero attached hydrogens (tertiary/aromatic N) is 2. The fraction of sp³-hybridized carbons (Fsp3) is 0.158. The van der Waals surface area contributed by atoms with Crippen molar-refractivity contribution in [2.45, 2.75) is 19.8 Å². The van der Waals surface area contributed by atoms with Gasteiger partial charge in [0.25, 0.3) is 11.8 Å². The molecule has 0 atom stereocenters. The van der Waals surface area contributed by atoms with Crippen molar-refractivity contribution < 1.29 is 14.4 Å². The van der Waals surface area contributed by atoms with Gasteiger partial charge >= 0.3 is 0 Å². The summed E-state index contributed by atoms with van der Waals surface area (Å²) < 4.78 is 0.797. The molecule has 0 spiro atoms. The molecule has 0 saturated heterocycles. The Morgan fingerprint density at radius 3 is 2.46 bits per heavy atom. The van der Waals surface area contributed by atoms with Crippen molar-refractivity contribution in [3.63, 3.8) is 0 Å². The highest BCUT2D eigenvalue weighted by molar-refractivity contribution is 7.22. The van der Waals surface area contributed by atoms with Crippen molar-refractivity contribution in [3.05, 3.63) is 53.6 Å². The minimum absolute atomic E-state index is 0.0767. The van der Waals surface area contributed by atoms with Gasteiger partial charge in [0.1, 0.15) is 0 Å². The van der Waals surface area contributed by atoms with Crippen LogP contribution in [0.4, 0.5) is 10.8 Å². The fourth-order valence-corrected chi connectivity index (χ4v) is 3.85. The van der Waals surface area contributed by atoms with Crippen molar-refractivity contribution in [1.29, 1.82) is 0 Å². The van der Waals surface area contributed by atoms with Crippen molar-refractivity contribution >= 4 is 50.1 Å². The van der Waals surface area contributed by atoms with E-state index in [-0.39, 0.29) is 17.7 Å². The monoisotopic (exact) mass is 365 g/mol. The molecule has 0 bridgehead atoms. The Labute approximate surface area is 153 Å². The number of amides is 3. The lowest BCUT2D eigenvalue weighted by Gasteiger charge is -2.13. The molecule has 2 aromatic carbocycles. The van der Waals surface area contributed by atoms with Crippen molar-refractivity contribution in [1.82, 2.24) is 4.98 Å². The van der Waals surface area contributed by atoms with Crippen LogP contribution in [0.15, 0.2) is 42.5 Å². The Kier molecular flexibility index (Phi) is 4.00. The Morgan fingerprint density at radius 1 is 1.12 bits per heavy atom. The van der Waals surface area contributed by atoms with Crippen LogP contribution in [-0.2, 0) is 4.79 Å². The summed E-state index contributed by atoms with van der Waals surface area (Å²) in [6.45, 7) is 1.94. The minimum Gasteiger partial charge on any atom is -0.302 e. The van der Waals surface area contributed by atoms with E-state index in [1.54, 1.807) is 42.5 Å². The third-order valence-corrected chi connectivity index (χ3v) is 5.08. The standard InChI is InChI=1S/C19H15N3O3S/c1-2-5-16(23)21-19-20-14-9-8-11(10-15(14)26-19)22-17(24)12-6-3-4-7-13(12)18(22)25/h3-4,6-10H,2,5H2,1H3,(H,20,21,23). The van der Waals surface area contributed by atoms with E-state index in [1.165, 1.54) is 16.2 Å². The Morgan fingerprint density at radius 2 is 1.81 bits per heavy atom. The van der Waals surface area contributed by atoms with Crippen molar-refractivity contribution in [2.75, 3.05) is 10.2 Å². The summed E-state index contributed by atoms with van der Waals surface area (Å²) in [7, 11) is 0. The van der Waals surface area contributed by atoms with E-state index < -0.39 is 0 Å². The van der Waals surface area contributed by atoms with Gasteiger partial charge in [-0.05, 0) is 36.8 Å². The first-order valence-corrected chi connectivity index (χ1v) is 9.08. The lowest BCUT2D eigenvalue weighted by molar-refractivity contribution is -0.116. The number of anilines is 2. The molecule has 1 aliphatic heterocycles. The van der Waals surface area contributed by atoms with Crippen LogP contribution >= 0.6 is 11.3 Å². The number of carbonyl (C=O) groups excluding carboxylic acids is 3. The van der Waals surface area contributed by atoms with Gasteiger partial charge < -0.3 is 5.32 Å². The summed E-state index contributed by atoms with van der Waals surface area (Å²) >= 11 is 1.32. The van der Waals surface area contributed by atoms with Gasteiger partial charge in [-0.1, -0.05) is 30.4 Å². The molecule has 130 valence electrons. The van der Waals surface area contributed by atoms with Gasteiger partial charge in [-0.25, -0.2) is 9.88 Å². The molecule has 4 rings (SSSR count). The Balaban J connectivity index is 1.67. The van der Waals surface area contributed by atoms with Crippen LogP contribution in [0.2, 0.25) is 0 Å². The van der Waals surface area contributed by atoms with Gasteiger partial charge in [0, 0.05) is 6.42 Å². The number of carbonyl (C=O) groups is 3. The lowest BCUT2D eigenvalue weighted by Crippen LogP contribution is -2.29. The summed E-state index contributed by atoms with van der Waals surface area (Å²) in [4.78, 5) is 42.5. The largest absolute Gasteiger partial charge is 0.302 e. The zero-order valence-electron chi connectivity index (χ0n) is 14.0. The molecule has 1 N–H and O–H groups in total. The number of nitrogens with one attached hydrogen (secondary N) is 1. The van der Waals surface area contributed by atoms with Gasteiger partial charge in [-0.15, -0.1) is 0 Å². The number of thiazole rings is 1. The first-order valence-electron chi connectivity index (χ1n) is 8.26. The smallest absolute Gasteiger partial charge is 0.266 e. The molecular weight excluding hydrogens is 350 g/mol. The van der Waals surface area contributed by atoms with Gasteiger partial charge in [-0.3, -0.25) is 14.4 Å². The van der Waals surface area contributed by atoms with Crippen molar-refractivity contribution in [2.24, 2.45) is 0 Å². The van der Waals surface area contributed by atoms with Crippen LogP contribution in [-0.4, -0.2) is 22.7 Å². The maximum Gasteiger partial charge on any atom is 0.266 e. The van der Waals surface area contributed by atoms with Crippen LogP contribution in [0.25, 0.3) is 10.2 Å². The zero-order chi connectivity index (χ0) is 18.3. The second-order valence-corrected chi connectivity index (χ2v) is 6.99. The predicted molar refractivity (Wildman–Crippen MR) is 101 cm³/mol. The molecule has 0 unspecified atom stereocenters. The molecule has 3 amide bonds. The zero-order valence-corrected chi connectivity index (χ0v) is 14.8. The SMILES string of the molecule is CCCC(=O)Nc1nc2ccc(N3C(=O)c4ccccc4C3=O)cc2s1. The quantitative estimate of drug-likeness (QED) is 0.713. The summed E-state index contributed by atoms with van der Waals surface area (Å²) in [6, 6.07) is 12.0. The maximum absolute atomic E-state index is 12.6. The molecule has 0 aliphatic carbocycles. The normalized spacial score (nSPS) is 13.3. The molecular formula is C19H15N3O3S. The molecule has 26 heavy (non-hydrogen) atoms. The molecule has 2 heterocycles. The summed E-state index contributed by atoms with van der Waals surface area (Å²) in [5, 5.41) is 3.29. The third kappa shape index (κ3) is 2.66. The molecule has 0 saturated carbocycles. The number of hydrogen-bond acceptors (Lipinski definition) is 5. The van der Waals surface area contributed by atoms with Crippen LogP contribution in [0, 0.1) is 0 Å². The van der Waals surface area contributed by atoms with Gasteiger partial charge in [0.15, 0.2) is 5.13 Å². The van der Waals surface area contributed by atoms with Crippen LogP contribution in [0.1, 0.15) is 40.5 Å². The van der Waals surface area contributed by atoms with E-state index in [2.05, 4.69) is 10.3 Å². The molecule has 3 aromatic rings. The van der Waals surface area contributed by atoms with E-state index >= 15 is 0 Å². The lowest BCUT2D eigenvalue weighted by atomic mass is 10.1. The van der Waals surface area contributed by atoms with Gasteiger partial charge in [0.2, 0.25) is 5.91 Å². The third-order valence-electron chi connectivity index (χ3n) is 4.15. The molecule has 0 fully saturated rings. The van der Waals surface area contributed by atoms with Gasteiger partial charge in [0.05, 0.1) is 27.0 Å². The minimum atomic E-state index is -0.328. The second-order valence-electron chi connectivity index (χ2n) is 5.96. The average Bonchev–Trinajstić information content (AvgIpc) is 3.13. The highest BCUT2D eigenvalue weighted by Crippen LogP contribution is 2.33. The van der Waals surface area contributed by atoms with E-state index in [0.29, 0.717) is 33.9 Å². The summed E-state index contributed by atoms with van der Waals surface area (Å²) in [6.07, 6.45) is 1.21. The Bertz CT molecular complexity index is 1020. The summed E-state index contributed by atoms with van der Waals surface area (Å²) in [5.41, 5.74) is 2.03. The molecule has 7 heteroatoms. The topological polar surface area (TPSA) is 79.4 Å². The van der Waals surface area contributed by atoms with Crippen LogP contribution in [0.3, 0.4) is 0 Å². The van der Waals surface area contributed by atoms with Crippen LogP contribution in [0.5, 0.6) is 0 Å². The first kappa shape index (κ1) is 16.4. The molecule has 0 radical (unpaired) electrons. The fourth-order valence-electron chi connectivity index (χ4n) is 2.94. The molecule has 1 aromatic heterocycles. The number of benzene rings is 2. The first-order chi connectivity index (χ1) is 12.6. The van der Waals surface area contributed by atoms with E-state index in [1.807, 2.05) is 6.92 Å². The molecule has 6 nitrogen and oxygen atoms in total. The summed E-state index contributed by atoms with van der Waals surface area (Å²) in [5.74, 6) is -0.732. The predicted octanol–water partition coefficient (Wildman–Crippen LogP) is 3.84. The van der Waals surface area contributed by atoms with Crippen LogP contribution < -0.4 is 10.2 Å². The van der Waals surface area contributed by atoms with E-state index in [0.717, 1.165) is 11.1 Å². The van der Waals surface area contributed by atoms with E-state index in [4.69, 9.17) is 0 Å². The van der Waals surface area contributed by atoms with Gasteiger partial charge in [-0.2, -0.15) is 0 Å². The number of rotatable bonds is 4. The number of imide groups is 1. The molecule has 1 aliphatic rings. The number of aromatic nitrogens is 1. The number of fused-ring (bicyclic) bond motifs is 2. The Hall–Kier alpha value is -3.06. The maximum atomic E-state index is 12.6. The van der Waals surface area contributed by atoms with Crippen molar-refractivity contribution in [3.8, 4) is 0 Å². The highest BCUT2D eigenvalue weighted by atomic mass is 32.1. The average molecular weight is 365 g/mol. The highest BCUT2D eigenvalue weighted by Gasteiger charge is 2.36. The second kappa shape index (κ2) is 6.34.